The highest BCUT2D eigenvalue weighted by molar-refractivity contribution is 6.04. The second-order valence-electron chi connectivity index (χ2n) is 3.37. The zero-order chi connectivity index (χ0) is 9.84. The van der Waals surface area contributed by atoms with Gasteiger partial charge in [-0.15, -0.1) is 0 Å². The van der Waals surface area contributed by atoms with Crippen LogP contribution in [-0.4, -0.2) is 51.5 Å². The molecule has 0 bridgehead atoms. The molecule has 1 aliphatic rings. The third kappa shape index (κ3) is 2.71. The van der Waals surface area contributed by atoms with Crippen LogP contribution in [0, 0.1) is 0 Å². The van der Waals surface area contributed by atoms with Gasteiger partial charge in [0.25, 0.3) is 0 Å². The molecule has 0 aromatic rings. The first-order valence-electron chi connectivity index (χ1n) is 4.44. The van der Waals surface area contributed by atoms with E-state index in [0.717, 1.165) is 19.4 Å². The van der Waals surface area contributed by atoms with Crippen molar-refractivity contribution in [3.63, 3.8) is 0 Å². The Morgan fingerprint density at radius 2 is 2.38 bits per heavy atom. The van der Waals surface area contributed by atoms with Gasteiger partial charge >= 0.3 is 5.97 Å². The average molecular weight is 182 g/mol. The second-order valence-corrected chi connectivity index (χ2v) is 3.37. The van der Waals surface area contributed by atoms with Gasteiger partial charge in [0.05, 0.1) is 7.11 Å². The fourth-order valence-electron chi connectivity index (χ4n) is 1.59. The van der Waals surface area contributed by atoms with Crippen molar-refractivity contribution in [2.24, 2.45) is 0 Å². The van der Waals surface area contributed by atoms with Crippen molar-refractivity contribution >= 4 is 14.0 Å². The molecule has 13 heavy (non-hydrogen) atoms. The molecule has 1 fully saturated rings. The molecule has 1 N–H and O–H groups in total. The number of methoxy groups -OCH3 is 1. The number of nitrogens with one attached hydrogen (secondary N) is 1. The zero-order valence-electron chi connectivity index (χ0n) is 8.12. The predicted octanol–water partition coefficient (Wildman–Crippen LogP) is -0.705. The maximum absolute atomic E-state index is 11.2. The maximum atomic E-state index is 11.2. The first-order chi connectivity index (χ1) is 6.15. The molecule has 2 atom stereocenters. The molecule has 2 unspecified atom stereocenters. The Hall–Kier alpha value is -0.545. The predicted molar refractivity (Wildman–Crippen MR) is 50.3 cm³/mol. The lowest BCUT2D eigenvalue weighted by atomic mass is 9.96. The van der Waals surface area contributed by atoms with Crippen LogP contribution in [-0.2, 0) is 9.53 Å². The Kier molecular flexibility index (Phi) is 3.75. The van der Waals surface area contributed by atoms with Gasteiger partial charge in [-0.3, -0.25) is 4.79 Å². The normalized spacial score (nSPS) is 28.8. The van der Waals surface area contributed by atoms with E-state index in [1.165, 1.54) is 7.11 Å². The van der Waals surface area contributed by atoms with E-state index in [9.17, 15) is 4.79 Å². The molecule has 2 radical (unpaired) electrons. The molecule has 1 rings (SSSR count). The molecule has 0 spiro atoms. The Balaban J connectivity index is 2.46. The lowest BCUT2D eigenvalue weighted by Gasteiger charge is -2.33. The van der Waals surface area contributed by atoms with Gasteiger partial charge in [-0.1, -0.05) is 0 Å². The van der Waals surface area contributed by atoms with Crippen molar-refractivity contribution in [3.05, 3.63) is 0 Å². The SMILES string of the molecule is [B]N(C)C1CCNC(C(=O)OC)C1. The summed E-state index contributed by atoms with van der Waals surface area (Å²) in [6.45, 7) is 0.811. The van der Waals surface area contributed by atoms with Crippen molar-refractivity contribution in [2.75, 3.05) is 20.7 Å². The van der Waals surface area contributed by atoms with E-state index in [-0.39, 0.29) is 18.1 Å². The number of hydrogen-bond acceptors (Lipinski definition) is 4. The number of ether oxygens (including phenoxy) is 1. The Morgan fingerprint density at radius 1 is 1.69 bits per heavy atom. The largest absolute Gasteiger partial charge is 0.468 e. The highest BCUT2D eigenvalue weighted by atomic mass is 16.5. The van der Waals surface area contributed by atoms with E-state index in [1.807, 2.05) is 7.05 Å². The monoisotopic (exact) mass is 182 g/mol. The molecule has 0 saturated carbocycles. The number of rotatable bonds is 2. The molecule has 0 aromatic heterocycles. The Morgan fingerprint density at radius 3 is 2.92 bits per heavy atom. The van der Waals surface area contributed by atoms with Crippen LogP contribution in [0.1, 0.15) is 12.8 Å². The maximum Gasteiger partial charge on any atom is 0.322 e. The van der Waals surface area contributed by atoms with Crippen molar-refractivity contribution in [1.29, 1.82) is 0 Å². The second kappa shape index (κ2) is 4.62. The summed E-state index contributed by atoms with van der Waals surface area (Å²) in [5, 5.41) is 3.10. The Bertz CT molecular complexity index is 187. The number of esters is 1. The van der Waals surface area contributed by atoms with Crippen molar-refractivity contribution < 1.29 is 9.53 Å². The van der Waals surface area contributed by atoms with Crippen LogP contribution < -0.4 is 5.32 Å². The molecule has 1 heterocycles. The minimum absolute atomic E-state index is 0.199. The molecule has 4 nitrogen and oxygen atoms in total. The van der Waals surface area contributed by atoms with Crippen LogP contribution >= 0.6 is 0 Å². The zero-order valence-corrected chi connectivity index (χ0v) is 8.12. The first-order valence-corrected chi connectivity index (χ1v) is 4.44. The molecule has 0 aliphatic carbocycles. The molecular formula is C8H15BN2O2. The highest BCUT2D eigenvalue weighted by Gasteiger charge is 2.27. The summed E-state index contributed by atoms with van der Waals surface area (Å²) in [4.78, 5) is 12.9. The molecule has 1 saturated heterocycles. The summed E-state index contributed by atoms with van der Waals surface area (Å²) in [6, 6.07) is 0.0695. The van der Waals surface area contributed by atoms with Gasteiger partial charge in [-0.2, -0.15) is 0 Å². The fourth-order valence-corrected chi connectivity index (χ4v) is 1.59. The van der Waals surface area contributed by atoms with Gasteiger partial charge in [0.1, 0.15) is 6.04 Å². The van der Waals surface area contributed by atoms with Gasteiger partial charge in [-0.05, 0) is 26.4 Å². The van der Waals surface area contributed by atoms with Gasteiger partial charge in [-0.25, -0.2) is 0 Å². The highest BCUT2D eigenvalue weighted by Crippen LogP contribution is 2.13. The summed E-state index contributed by atoms with van der Waals surface area (Å²) in [5.41, 5.74) is 0. The van der Waals surface area contributed by atoms with E-state index in [1.54, 1.807) is 4.81 Å². The van der Waals surface area contributed by atoms with Crippen molar-refractivity contribution in [2.45, 2.75) is 24.9 Å². The number of piperidine rings is 1. The molecule has 5 heteroatoms. The van der Waals surface area contributed by atoms with Gasteiger partial charge in [0, 0.05) is 6.04 Å². The summed E-state index contributed by atoms with van der Waals surface area (Å²) < 4.78 is 4.66. The van der Waals surface area contributed by atoms with Crippen molar-refractivity contribution in [3.8, 4) is 0 Å². The lowest BCUT2D eigenvalue weighted by Crippen LogP contribution is -2.49. The fraction of sp³-hybridized carbons (Fsp3) is 0.875. The van der Waals surface area contributed by atoms with E-state index in [0.29, 0.717) is 0 Å². The minimum atomic E-state index is -0.202. The van der Waals surface area contributed by atoms with E-state index in [4.69, 9.17) is 7.98 Å². The van der Waals surface area contributed by atoms with Crippen LogP contribution in [0.25, 0.3) is 0 Å². The number of hydrogen-bond donors (Lipinski definition) is 1. The summed E-state index contributed by atoms with van der Waals surface area (Å²) in [5.74, 6) is -0.202. The number of nitrogens with zero attached hydrogens (tertiary/aromatic N) is 1. The third-order valence-electron chi connectivity index (χ3n) is 2.44. The van der Waals surface area contributed by atoms with Crippen LogP contribution in [0.2, 0.25) is 0 Å². The number of carbonyl (C=O) groups is 1. The van der Waals surface area contributed by atoms with Gasteiger partial charge in [0.15, 0.2) is 7.98 Å². The van der Waals surface area contributed by atoms with Gasteiger partial charge in [0.2, 0.25) is 0 Å². The standard InChI is InChI=1S/C8H15BN2O2/c1-11(9)6-3-4-10-7(5-6)8(12)13-2/h6-7,10H,3-5H2,1-2H3. The molecular weight excluding hydrogens is 167 g/mol. The molecule has 0 amide bonds. The third-order valence-corrected chi connectivity index (χ3v) is 2.44. The van der Waals surface area contributed by atoms with E-state index < -0.39 is 0 Å². The number of carbonyl (C=O) groups excluding carboxylic acids is 1. The average Bonchev–Trinajstić information content (AvgIpc) is 2.17. The smallest absolute Gasteiger partial charge is 0.322 e. The molecule has 0 aromatic carbocycles. The van der Waals surface area contributed by atoms with Crippen molar-refractivity contribution in [1.82, 2.24) is 10.1 Å². The van der Waals surface area contributed by atoms with Gasteiger partial charge < -0.3 is 14.9 Å². The van der Waals surface area contributed by atoms with E-state index >= 15 is 0 Å². The summed E-state index contributed by atoms with van der Waals surface area (Å²) in [6.07, 6.45) is 1.69. The van der Waals surface area contributed by atoms with E-state index in [2.05, 4.69) is 10.1 Å². The minimum Gasteiger partial charge on any atom is -0.468 e. The first kappa shape index (κ1) is 10.5. The van der Waals surface area contributed by atoms with Crippen LogP contribution in [0.4, 0.5) is 0 Å². The molecule has 72 valence electrons. The topological polar surface area (TPSA) is 41.6 Å². The Labute approximate surface area is 80.0 Å². The van der Waals surface area contributed by atoms with Crippen LogP contribution in [0.5, 0.6) is 0 Å². The summed E-state index contributed by atoms with van der Waals surface area (Å²) in [7, 11) is 8.85. The lowest BCUT2D eigenvalue weighted by molar-refractivity contribution is -0.144. The van der Waals surface area contributed by atoms with Crippen LogP contribution in [0.3, 0.4) is 0 Å². The molecule has 1 aliphatic heterocycles. The summed E-state index contributed by atoms with van der Waals surface area (Å²) >= 11 is 0. The van der Waals surface area contributed by atoms with Crippen LogP contribution in [0.15, 0.2) is 0 Å². The quantitative estimate of drug-likeness (QED) is 0.452.